The summed E-state index contributed by atoms with van der Waals surface area (Å²) in [5.74, 6) is 2.60. The second-order valence-corrected chi connectivity index (χ2v) is 6.61. The van der Waals surface area contributed by atoms with Gasteiger partial charge in [0.15, 0.2) is 5.82 Å². The highest BCUT2D eigenvalue weighted by atomic mass is 32.1. The molecule has 0 bridgehead atoms. The average molecular weight is 293 g/mol. The van der Waals surface area contributed by atoms with E-state index in [1.54, 1.807) is 0 Å². The van der Waals surface area contributed by atoms with E-state index in [9.17, 15) is 0 Å². The molecule has 7 nitrogen and oxygen atoms in total. The van der Waals surface area contributed by atoms with Crippen molar-refractivity contribution in [3.8, 4) is 0 Å². The summed E-state index contributed by atoms with van der Waals surface area (Å²) in [5, 5.41) is 17.9. The number of nitrogens with two attached hydrogens (primary N) is 1. The standard InChI is InChI=1S/C12H19N7S/c1-7(2)4-9-5-18(12-17-16-11(13)20-12)6-10-15-14-8(3)19(9)10/h7,9H,4-6H2,1-3H3,(H2,13,16)/t9-/m0/s1. The normalized spacial score (nSPS) is 18.6. The van der Waals surface area contributed by atoms with Crippen LogP contribution < -0.4 is 10.6 Å². The molecule has 0 aliphatic carbocycles. The van der Waals surface area contributed by atoms with Crippen LogP contribution in [-0.4, -0.2) is 31.5 Å². The van der Waals surface area contributed by atoms with E-state index in [0.29, 0.717) is 23.6 Å². The van der Waals surface area contributed by atoms with Crippen molar-refractivity contribution in [1.82, 2.24) is 25.0 Å². The summed E-state index contributed by atoms with van der Waals surface area (Å²) in [5.41, 5.74) is 5.68. The Balaban J connectivity index is 1.92. The van der Waals surface area contributed by atoms with E-state index in [1.807, 2.05) is 6.92 Å². The minimum absolute atomic E-state index is 0.374. The van der Waals surface area contributed by atoms with E-state index in [1.165, 1.54) is 11.3 Å². The highest BCUT2D eigenvalue weighted by Gasteiger charge is 2.30. The Bertz CT molecular complexity index is 603. The van der Waals surface area contributed by atoms with Gasteiger partial charge in [-0.05, 0) is 19.3 Å². The van der Waals surface area contributed by atoms with Gasteiger partial charge >= 0.3 is 0 Å². The van der Waals surface area contributed by atoms with E-state index in [0.717, 1.165) is 29.7 Å². The summed E-state index contributed by atoms with van der Waals surface area (Å²) in [4.78, 5) is 2.20. The Labute approximate surface area is 121 Å². The molecule has 0 unspecified atom stereocenters. The topological polar surface area (TPSA) is 85.8 Å². The van der Waals surface area contributed by atoms with Gasteiger partial charge in [0, 0.05) is 6.54 Å². The van der Waals surface area contributed by atoms with E-state index in [-0.39, 0.29) is 0 Å². The first kappa shape index (κ1) is 13.3. The molecular weight excluding hydrogens is 274 g/mol. The molecule has 1 aliphatic rings. The molecule has 1 atom stereocenters. The first-order valence-corrected chi connectivity index (χ1v) is 7.60. The highest BCUT2D eigenvalue weighted by Crippen LogP contribution is 2.32. The minimum atomic E-state index is 0.374. The number of nitrogens with zero attached hydrogens (tertiary/aromatic N) is 6. The molecule has 8 heteroatoms. The van der Waals surface area contributed by atoms with E-state index < -0.39 is 0 Å². The number of hydrogen-bond acceptors (Lipinski definition) is 7. The molecule has 0 aromatic carbocycles. The van der Waals surface area contributed by atoms with Gasteiger partial charge in [-0.15, -0.1) is 20.4 Å². The molecule has 1 aliphatic heterocycles. The number of nitrogen functional groups attached to an aromatic ring is 1. The lowest BCUT2D eigenvalue weighted by molar-refractivity contribution is 0.357. The zero-order valence-electron chi connectivity index (χ0n) is 11.9. The van der Waals surface area contributed by atoms with Crippen LogP contribution in [0, 0.1) is 12.8 Å². The SMILES string of the molecule is Cc1nnc2n1[C@@H](CC(C)C)CN(c1nnc(N)s1)C2. The predicted octanol–water partition coefficient (Wildman–Crippen LogP) is 1.63. The first-order valence-electron chi connectivity index (χ1n) is 6.79. The second-order valence-electron chi connectivity index (χ2n) is 5.62. The van der Waals surface area contributed by atoms with E-state index in [2.05, 4.69) is 43.7 Å². The lowest BCUT2D eigenvalue weighted by atomic mass is 10.0. The number of rotatable bonds is 3. The van der Waals surface area contributed by atoms with Gasteiger partial charge in [0.1, 0.15) is 5.82 Å². The van der Waals surface area contributed by atoms with E-state index in [4.69, 9.17) is 5.73 Å². The highest BCUT2D eigenvalue weighted by molar-refractivity contribution is 7.18. The van der Waals surface area contributed by atoms with Gasteiger partial charge in [-0.3, -0.25) is 0 Å². The van der Waals surface area contributed by atoms with Crippen LogP contribution >= 0.6 is 11.3 Å². The lowest BCUT2D eigenvalue weighted by Gasteiger charge is -2.34. The first-order chi connectivity index (χ1) is 9.54. The predicted molar refractivity (Wildman–Crippen MR) is 78.6 cm³/mol. The molecule has 2 aromatic heterocycles. The van der Waals surface area contributed by atoms with Gasteiger partial charge in [0.25, 0.3) is 0 Å². The zero-order valence-corrected chi connectivity index (χ0v) is 12.8. The Kier molecular flexibility index (Phi) is 3.33. The minimum Gasteiger partial charge on any atom is -0.374 e. The fourth-order valence-corrected chi connectivity index (χ4v) is 3.41. The molecular formula is C12H19N7S. The molecule has 0 spiro atoms. The van der Waals surface area contributed by atoms with Crippen molar-refractivity contribution in [3.05, 3.63) is 11.6 Å². The van der Waals surface area contributed by atoms with Crippen molar-refractivity contribution < 1.29 is 0 Å². The third kappa shape index (κ3) is 2.35. The fraction of sp³-hybridized carbons (Fsp3) is 0.667. The molecule has 2 aromatic rings. The maximum atomic E-state index is 5.68. The van der Waals surface area contributed by atoms with Crippen molar-refractivity contribution in [2.45, 2.75) is 39.8 Å². The summed E-state index contributed by atoms with van der Waals surface area (Å²) < 4.78 is 2.26. The average Bonchev–Trinajstić information content (AvgIpc) is 2.96. The maximum Gasteiger partial charge on any atom is 0.210 e. The molecule has 108 valence electrons. The smallest absolute Gasteiger partial charge is 0.210 e. The molecule has 0 fully saturated rings. The van der Waals surface area contributed by atoms with Crippen LogP contribution in [0.15, 0.2) is 0 Å². The molecule has 0 saturated carbocycles. The summed E-state index contributed by atoms with van der Waals surface area (Å²) in [6, 6.07) is 0.374. The van der Waals surface area contributed by atoms with Crippen LogP contribution in [0.2, 0.25) is 0 Å². The number of aromatic nitrogens is 5. The molecule has 20 heavy (non-hydrogen) atoms. The van der Waals surface area contributed by atoms with Crippen molar-refractivity contribution in [3.63, 3.8) is 0 Å². The second kappa shape index (κ2) is 5.01. The van der Waals surface area contributed by atoms with Crippen molar-refractivity contribution in [1.29, 1.82) is 0 Å². The summed E-state index contributed by atoms with van der Waals surface area (Å²) in [6.45, 7) is 8.10. The van der Waals surface area contributed by atoms with Crippen molar-refractivity contribution in [2.24, 2.45) is 5.92 Å². The van der Waals surface area contributed by atoms with E-state index >= 15 is 0 Å². The maximum absolute atomic E-state index is 5.68. The third-order valence-corrected chi connectivity index (χ3v) is 4.32. The molecule has 2 N–H and O–H groups in total. The van der Waals surface area contributed by atoms with Crippen LogP contribution in [-0.2, 0) is 6.54 Å². The number of fused-ring (bicyclic) bond motifs is 1. The Hall–Kier alpha value is -1.70. The van der Waals surface area contributed by atoms with Gasteiger partial charge in [-0.1, -0.05) is 25.2 Å². The van der Waals surface area contributed by atoms with Gasteiger partial charge in [-0.2, -0.15) is 0 Å². The Morgan fingerprint density at radius 3 is 2.75 bits per heavy atom. The molecule has 0 amide bonds. The van der Waals surface area contributed by atoms with Crippen LogP contribution in [0.25, 0.3) is 0 Å². The van der Waals surface area contributed by atoms with Gasteiger partial charge in [0.05, 0.1) is 12.6 Å². The Morgan fingerprint density at radius 1 is 1.30 bits per heavy atom. The van der Waals surface area contributed by atoms with Crippen molar-refractivity contribution in [2.75, 3.05) is 17.2 Å². The van der Waals surface area contributed by atoms with Crippen molar-refractivity contribution >= 4 is 21.6 Å². The molecule has 3 heterocycles. The monoisotopic (exact) mass is 293 g/mol. The molecule has 3 rings (SSSR count). The van der Waals surface area contributed by atoms with Gasteiger partial charge in [0.2, 0.25) is 10.3 Å². The largest absolute Gasteiger partial charge is 0.374 e. The van der Waals surface area contributed by atoms with Gasteiger partial charge in [-0.25, -0.2) is 0 Å². The lowest BCUT2D eigenvalue weighted by Crippen LogP contribution is -2.38. The van der Waals surface area contributed by atoms with Crippen LogP contribution in [0.3, 0.4) is 0 Å². The summed E-state index contributed by atoms with van der Waals surface area (Å²) >= 11 is 1.42. The zero-order chi connectivity index (χ0) is 14.3. The van der Waals surface area contributed by atoms with Gasteiger partial charge < -0.3 is 15.2 Å². The Morgan fingerprint density at radius 2 is 2.10 bits per heavy atom. The quantitative estimate of drug-likeness (QED) is 0.925. The third-order valence-electron chi connectivity index (χ3n) is 3.51. The number of aryl methyl sites for hydroxylation is 1. The molecule has 0 radical (unpaired) electrons. The van der Waals surface area contributed by atoms with Crippen LogP contribution in [0.5, 0.6) is 0 Å². The van der Waals surface area contributed by atoms with Crippen LogP contribution in [0.4, 0.5) is 10.3 Å². The van der Waals surface area contributed by atoms with Crippen LogP contribution in [0.1, 0.15) is 38.0 Å². The number of anilines is 2. The summed E-state index contributed by atoms with van der Waals surface area (Å²) in [6.07, 6.45) is 1.09. The molecule has 0 saturated heterocycles. The fourth-order valence-electron chi connectivity index (χ4n) is 2.79. The number of hydrogen-bond donors (Lipinski definition) is 1. The summed E-state index contributed by atoms with van der Waals surface area (Å²) in [7, 11) is 0.